The van der Waals surface area contributed by atoms with Crippen molar-refractivity contribution in [2.45, 2.75) is 13.1 Å². The van der Waals surface area contributed by atoms with Gasteiger partial charge in [-0.15, -0.1) is 0 Å². The molecule has 12 heavy (non-hydrogen) atoms. The van der Waals surface area contributed by atoms with Gasteiger partial charge in [-0.05, 0) is 18.6 Å². The third-order valence-corrected chi connectivity index (χ3v) is 1.25. The molecule has 0 saturated heterocycles. The standard InChI is InChI=1S/C7H5F4N/c1-4-2-5(8)6(12-3-4)7(9,10)11/h2-3H,1H3. The summed E-state index contributed by atoms with van der Waals surface area (Å²) in [6.07, 6.45) is -3.73. The molecule has 0 aliphatic rings. The molecule has 0 N–H and O–H groups in total. The largest absolute Gasteiger partial charge is 0.436 e. The molecule has 0 radical (unpaired) electrons. The van der Waals surface area contributed by atoms with Crippen molar-refractivity contribution in [1.82, 2.24) is 4.98 Å². The number of nitrogens with zero attached hydrogens (tertiary/aromatic N) is 1. The van der Waals surface area contributed by atoms with Gasteiger partial charge in [-0.2, -0.15) is 13.2 Å². The topological polar surface area (TPSA) is 12.9 Å². The molecule has 0 unspecified atom stereocenters. The summed E-state index contributed by atoms with van der Waals surface area (Å²) in [6, 6.07) is 0.801. The van der Waals surface area contributed by atoms with Crippen molar-refractivity contribution >= 4 is 0 Å². The molecule has 0 bridgehead atoms. The minimum atomic E-state index is -4.71. The Bertz CT molecular complexity index is 292. The lowest BCUT2D eigenvalue weighted by molar-refractivity contribution is -0.143. The van der Waals surface area contributed by atoms with Crippen molar-refractivity contribution in [2.24, 2.45) is 0 Å². The van der Waals surface area contributed by atoms with E-state index in [0.717, 1.165) is 12.3 Å². The van der Waals surface area contributed by atoms with E-state index in [4.69, 9.17) is 0 Å². The van der Waals surface area contributed by atoms with Gasteiger partial charge in [0.05, 0.1) is 0 Å². The lowest BCUT2D eigenvalue weighted by atomic mass is 10.2. The van der Waals surface area contributed by atoms with Crippen LogP contribution in [0.25, 0.3) is 0 Å². The van der Waals surface area contributed by atoms with Crippen LogP contribution < -0.4 is 0 Å². The maximum absolute atomic E-state index is 12.6. The molecule has 1 heterocycles. The molecule has 0 amide bonds. The highest BCUT2D eigenvalue weighted by molar-refractivity contribution is 5.16. The van der Waals surface area contributed by atoms with Crippen LogP contribution in [0.3, 0.4) is 0 Å². The SMILES string of the molecule is Cc1cnc(C(F)(F)F)c(F)c1. The monoisotopic (exact) mass is 179 g/mol. The molecule has 1 aromatic rings. The van der Waals surface area contributed by atoms with Gasteiger partial charge in [-0.3, -0.25) is 0 Å². The number of hydrogen-bond acceptors (Lipinski definition) is 1. The van der Waals surface area contributed by atoms with E-state index in [9.17, 15) is 17.6 Å². The molecule has 0 atom stereocenters. The van der Waals surface area contributed by atoms with Crippen molar-refractivity contribution in [1.29, 1.82) is 0 Å². The summed E-state index contributed by atoms with van der Waals surface area (Å²) >= 11 is 0. The van der Waals surface area contributed by atoms with Gasteiger partial charge in [0.25, 0.3) is 0 Å². The van der Waals surface area contributed by atoms with Gasteiger partial charge in [0.1, 0.15) is 0 Å². The quantitative estimate of drug-likeness (QED) is 0.557. The Hall–Kier alpha value is -1.13. The van der Waals surface area contributed by atoms with Crippen LogP contribution in [0.5, 0.6) is 0 Å². The number of alkyl halides is 3. The third-order valence-electron chi connectivity index (χ3n) is 1.25. The van der Waals surface area contributed by atoms with Gasteiger partial charge in [0.15, 0.2) is 11.5 Å². The smallest absolute Gasteiger partial charge is 0.249 e. The summed E-state index contributed by atoms with van der Waals surface area (Å²) in [5, 5.41) is 0. The normalized spacial score (nSPS) is 11.8. The van der Waals surface area contributed by atoms with Crippen LogP contribution in [0.15, 0.2) is 12.3 Å². The summed E-state index contributed by atoms with van der Waals surface area (Å²) < 4.78 is 48.2. The van der Waals surface area contributed by atoms with Crippen LogP contribution >= 0.6 is 0 Å². The highest BCUT2D eigenvalue weighted by atomic mass is 19.4. The van der Waals surface area contributed by atoms with E-state index in [1.54, 1.807) is 0 Å². The molecule has 1 nitrogen and oxygen atoms in total. The Morgan fingerprint density at radius 2 is 1.92 bits per heavy atom. The van der Waals surface area contributed by atoms with Gasteiger partial charge >= 0.3 is 6.18 Å². The van der Waals surface area contributed by atoms with E-state index in [-0.39, 0.29) is 0 Å². The van der Waals surface area contributed by atoms with E-state index in [1.165, 1.54) is 6.92 Å². The first-order chi connectivity index (χ1) is 5.41. The Morgan fingerprint density at radius 3 is 2.33 bits per heavy atom. The first kappa shape index (κ1) is 8.96. The molecular formula is C7H5F4N. The molecular weight excluding hydrogens is 174 g/mol. The van der Waals surface area contributed by atoms with Crippen LogP contribution in [0, 0.1) is 12.7 Å². The van der Waals surface area contributed by atoms with Crippen LogP contribution in [-0.2, 0) is 6.18 Å². The van der Waals surface area contributed by atoms with E-state index in [1.807, 2.05) is 0 Å². The second-order valence-corrected chi connectivity index (χ2v) is 2.34. The number of rotatable bonds is 0. The molecule has 1 aromatic heterocycles. The average Bonchev–Trinajstić information content (AvgIpc) is 1.83. The van der Waals surface area contributed by atoms with E-state index in [0.29, 0.717) is 5.56 Å². The zero-order chi connectivity index (χ0) is 9.35. The summed E-state index contributed by atoms with van der Waals surface area (Å²) in [6.45, 7) is 1.47. The lowest BCUT2D eigenvalue weighted by Crippen LogP contribution is -2.10. The van der Waals surface area contributed by atoms with E-state index >= 15 is 0 Å². The number of halogens is 4. The first-order valence-corrected chi connectivity index (χ1v) is 3.10. The minimum Gasteiger partial charge on any atom is -0.249 e. The molecule has 0 aromatic carbocycles. The van der Waals surface area contributed by atoms with E-state index in [2.05, 4.69) is 4.98 Å². The highest BCUT2D eigenvalue weighted by Crippen LogP contribution is 2.29. The van der Waals surface area contributed by atoms with Crippen molar-refractivity contribution < 1.29 is 17.6 Å². The average molecular weight is 179 g/mol. The zero-order valence-corrected chi connectivity index (χ0v) is 6.11. The van der Waals surface area contributed by atoms with Crippen LogP contribution in [-0.4, -0.2) is 4.98 Å². The molecule has 5 heteroatoms. The number of hydrogen-bond donors (Lipinski definition) is 0. The number of pyridine rings is 1. The second-order valence-electron chi connectivity index (χ2n) is 2.34. The van der Waals surface area contributed by atoms with Crippen LogP contribution in [0.1, 0.15) is 11.3 Å². The molecule has 1 rings (SSSR count). The van der Waals surface area contributed by atoms with Gasteiger partial charge in [-0.25, -0.2) is 9.37 Å². The van der Waals surface area contributed by atoms with Crippen LogP contribution in [0.4, 0.5) is 17.6 Å². The maximum Gasteiger partial charge on any atom is 0.436 e. The van der Waals surface area contributed by atoms with Gasteiger partial charge in [-0.1, -0.05) is 0 Å². The Labute approximate surface area is 66.0 Å². The summed E-state index contributed by atoms with van der Waals surface area (Å²) in [7, 11) is 0. The van der Waals surface area contributed by atoms with Crippen LogP contribution in [0.2, 0.25) is 0 Å². The van der Waals surface area contributed by atoms with Gasteiger partial charge in [0.2, 0.25) is 0 Å². The molecule has 0 fully saturated rings. The second kappa shape index (κ2) is 2.73. The lowest BCUT2D eigenvalue weighted by Gasteiger charge is -2.06. The van der Waals surface area contributed by atoms with Crippen molar-refractivity contribution in [3.05, 3.63) is 29.3 Å². The van der Waals surface area contributed by atoms with E-state index < -0.39 is 17.7 Å². The predicted molar refractivity (Wildman–Crippen MR) is 33.9 cm³/mol. The third kappa shape index (κ3) is 1.72. The molecule has 0 spiro atoms. The molecule has 0 saturated carbocycles. The predicted octanol–water partition coefficient (Wildman–Crippen LogP) is 2.55. The fourth-order valence-corrected chi connectivity index (χ4v) is 0.742. The van der Waals surface area contributed by atoms with Crippen molar-refractivity contribution in [2.75, 3.05) is 0 Å². The molecule has 0 aliphatic carbocycles. The van der Waals surface area contributed by atoms with Crippen molar-refractivity contribution in [3.8, 4) is 0 Å². The highest BCUT2D eigenvalue weighted by Gasteiger charge is 2.35. The van der Waals surface area contributed by atoms with Gasteiger partial charge in [0, 0.05) is 6.20 Å². The first-order valence-electron chi connectivity index (χ1n) is 3.10. The Kier molecular flexibility index (Phi) is 2.04. The Balaban J connectivity index is 3.19. The summed E-state index contributed by atoms with van der Waals surface area (Å²) in [4.78, 5) is 2.95. The number of aryl methyl sites for hydroxylation is 1. The molecule has 66 valence electrons. The number of aromatic nitrogens is 1. The summed E-state index contributed by atoms with van der Waals surface area (Å²) in [5.41, 5.74) is -1.10. The summed E-state index contributed by atoms with van der Waals surface area (Å²) in [5.74, 6) is -1.33. The maximum atomic E-state index is 12.6. The zero-order valence-electron chi connectivity index (χ0n) is 6.11. The fraction of sp³-hybridized carbons (Fsp3) is 0.286. The van der Waals surface area contributed by atoms with Gasteiger partial charge < -0.3 is 0 Å². The van der Waals surface area contributed by atoms with Crippen molar-refractivity contribution in [3.63, 3.8) is 0 Å². The minimum absolute atomic E-state index is 0.362. The fourth-order valence-electron chi connectivity index (χ4n) is 0.742. The molecule has 0 aliphatic heterocycles. The Morgan fingerprint density at radius 1 is 1.33 bits per heavy atom.